The molecule has 0 aliphatic carbocycles. The fourth-order valence-corrected chi connectivity index (χ4v) is 15.4. The predicted octanol–water partition coefficient (Wildman–Crippen LogP) is 16.0. The van der Waals surface area contributed by atoms with Crippen molar-refractivity contribution < 1.29 is 8.78 Å². The molecule has 8 heteroatoms. The molecule has 0 amide bonds. The molecular formula is C62H62F2N2Si4. The topological polar surface area (TPSA) is 9.86 Å². The summed E-state index contributed by atoms with van der Waals surface area (Å²) in [4.78, 5) is 0. The van der Waals surface area contributed by atoms with Crippen molar-refractivity contribution in [2.24, 2.45) is 0 Å². The minimum atomic E-state index is -1.63. The second kappa shape index (κ2) is 16.2. The van der Waals surface area contributed by atoms with Crippen LogP contribution >= 0.6 is 0 Å². The first-order valence-electron chi connectivity index (χ1n) is 24.8. The zero-order chi connectivity index (χ0) is 49.4. The molecule has 0 saturated heterocycles. The highest BCUT2D eigenvalue weighted by Crippen LogP contribution is 2.46. The standard InChI is InChI=1S/C62H62F2N2Si4/c1-67(2,3)45-23-29-57-51(35-45)52-36-46(68(4,5)6)24-30-58(52)65(57)43-21-27-49-55(33-43)61(39-13-17-41(63)18-14-39)50-28-22-44(34-56(50)62(49)40-15-19-42(64)20-16-40)66-59-31-25-47(69(7,8)9)37-53(59)54-38-48(70(10,11)12)26-32-60(54)66/h13-38H,1-12H3. The van der Waals surface area contributed by atoms with Crippen LogP contribution in [0.25, 0.3) is 98.8 Å². The molecule has 0 atom stereocenters. The number of aromatic nitrogens is 2. The molecule has 0 aliphatic heterocycles. The van der Waals surface area contributed by atoms with Gasteiger partial charge in [0, 0.05) is 32.9 Å². The first-order valence-corrected chi connectivity index (χ1v) is 38.8. The maximum Gasteiger partial charge on any atom is 0.123 e. The van der Waals surface area contributed by atoms with Gasteiger partial charge in [0.2, 0.25) is 0 Å². The van der Waals surface area contributed by atoms with Crippen molar-refractivity contribution in [3.05, 3.63) is 169 Å². The van der Waals surface area contributed by atoms with E-state index < -0.39 is 32.3 Å². The average molecular weight is 986 g/mol. The molecule has 11 rings (SSSR count). The van der Waals surface area contributed by atoms with E-state index in [0.29, 0.717) is 0 Å². The third-order valence-corrected chi connectivity index (χ3v) is 23.0. The van der Waals surface area contributed by atoms with Gasteiger partial charge in [-0.25, -0.2) is 8.78 Å². The van der Waals surface area contributed by atoms with Crippen molar-refractivity contribution in [1.29, 1.82) is 0 Å². The van der Waals surface area contributed by atoms with Crippen LogP contribution in [0.4, 0.5) is 8.78 Å². The minimum absolute atomic E-state index is 0.273. The number of rotatable bonds is 8. The molecule has 2 heterocycles. The SMILES string of the molecule is C[Si](C)(C)c1ccc2c(c1)c1cc([Si](C)(C)C)ccc1n2-c1ccc2c(-c3ccc(F)cc3)c3cc(-n4c5ccc([Si](C)(C)C)cc5c5cc([Si](C)(C)C)ccc54)ccc3c(-c3ccc(F)cc3)c2c1. The number of halogens is 2. The molecular weight excluding hydrogens is 923 g/mol. The Kier molecular flexibility index (Phi) is 10.7. The Morgan fingerprint density at radius 3 is 0.800 bits per heavy atom. The highest BCUT2D eigenvalue weighted by molar-refractivity contribution is 6.90. The van der Waals surface area contributed by atoms with E-state index in [2.05, 4.69) is 197 Å². The van der Waals surface area contributed by atoms with Crippen LogP contribution in [0.3, 0.4) is 0 Å². The third kappa shape index (κ3) is 7.75. The van der Waals surface area contributed by atoms with Crippen LogP contribution in [0, 0.1) is 11.6 Å². The van der Waals surface area contributed by atoms with Gasteiger partial charge in [-0.2, -0.15) is 0 Å². The summed E-state index contributed by atoms with van der Waals surface area (Å²) in [5.41, 5.74) is 10.8. The van der Waals surface area contributed by atoms with Crippen LogP contribution in [0.1, 0.15) is 0 Å². The van der Waals surface area contributed by atoms with E-state index in [9.17, 15) is 8.78 Å². The molecule has 2 aromatic heterocycles. The van der Waals surface area contributed by atoms with Crippen LogP contribution in [-0.2, 0) is 0 Å². The molecule has 2 nitrogen and oxygen atoms in total. The summed E-state index contributed by atoms with van der Waals surface area (Å²) in [6, 6.07) is 56.2. The van der Waals surface area contributed by atoms with Crippen LogP contribution in [0.5, 0.6) is 0 Å². The van der Waals surface area contributed by atoms with E-state index in [4.69, 9.17) is 0 Å². The molecule has 0 unspecified atom stereocenters. The molecule has 70 heavy (non-hydrogen) atoms. The van der Waals surface area contributed by atoms with Gasteiger partial charge in [-0.05, 0) is 117 Å². The molecule has 0 aliphatic rings. The van der Waals surface area contributed by atoms with Crippen LogP contribution in [0.2, 0.25) is 78.6 Å². The number of hydrogen-bond donors (Lipinski definition) is 0. The van der Waals surface area contributed by atoms with Gasteiger partial charge in [-0.3, -0.25) is 0 Å². The summed E-state index contributed by atoms with van der Waals surface area (Å²) in [7, 11) is -6.52. The van der Waals surface area contributed by atoms with Gasteiger partial charge in [0.25, 0.3) is 0 Å². The molecule has 0 saturated carbocycles. The second-order valence-corrected chi connectivity index (χ2v) is 44.1. The Labute approximate surface area is 415 Å². The van der Waals surface area contributed by atoms with Gasteiger partial charge in [-0.15, -0.1) is 0 Å². The number of benzene rings is 9. The molecule has 350 valence electrons. The quantitative estimate of drug-likeness (QED) is 0.106. The highest BCUT2D eigenvalue weighted by Gasteiger charge is 2.26. The maximum atomic E-state index is 14.9. The van der Waals surface area contributed by atoms with Crippen LogP contribution in [-0.4, -0.2) is 41.4 Å². The first kappa shape index (κ1) is 46.2. The van der Waals surface area contributed by atoms with Gasteiger partial charge in [0.05, 0.1) is 54.4 Å². The maximum absolute atomic E-state index is 14.9. The Morgan fingerprint density at radius 2 is 0.543 bits per heavy atom. The lowest BCUT2D eigenvalue weighted by Crippen LogP contribution is -2.37. The summed E-state index contributed by atoms with van der Waals surface area (Å²) in [6.07, 6.45) is 0. The zero-order valence-electron chi connectivity index (χ0n) is 42.7. The van der Waals surface area contributed by atoms with E-state index in [1.54, 1.807) is 24.3 Å². The van der Waals surface area contributed by atoms with E-state index in [1.165, 1.54) is 64.4 Å². The Morgan fingerprint density at radius 1 is 0.271 bits per heavy atom. The molecule has 0 radical (unpaired) electrons. The van der Waals surface area contributed by atoms with Gasteiger partial charge in [0.1, 0.15) is 11.6 Å². The van der Waals surface area contributed by atoms with Gasteiger partial charge in [0.15, 0.2) is 0 Å². The smallest absolute Gasteiger partial charge is 0.123 e. The van der Waals surface area contributed by atoms with Crippen molar-refractivity contribution in [3.8, 4) is 33.6 Å². The Bertz CT molecular complexity index is 3530. The zero-order valence-corrected chi connectivity index (χ0v) is 46.7. The minimum Gasteiger partial charge on any atom is -0.309 e. The van der Waals surface area contributed by atoms with E-state index in [-0.39, 0.29) is 11.6 Å². The number of fused-ring (bicyclic) bond motifs is 8. The van der Waals surface area contributed by atoms with Gasteiger partial charge < -0.3 is 9.13 Å². The predicted molar refractivity (Wildman–Crippen MR) is 313 cm³/mol. The summed E-state index contributed by atoms with van der Waals surface area (Å²) in [5.74, 6) is -0.547. The fourth-order valence-electron chi connectivity index (χ4n) is 10.8. The Hall–Kier alpha value is -6.17. The third-order valence-electron chi connectivity index (χ3n) is 14.9. The van der Waals surface area contributed by atoms with Crippen molar-refractivity contribution in [3.63, 3.8) is 0 Å². The Balaban J connectivity index is 1.24. The molecule has 0 bridgehead atoms. The lowest BCUT2D eigenvalue weighted by atomic mass is 9.85. The largest absolute Gasteiger partial charge is 0.309 e. The van der Waals surface area contributed by atoms with Crippen molar-refractivity contribution in [1.82, 2.24) is 9.13 Å². The number of nitrogens with zero attached hydrogens (tertiary/aromatic N) is 2. The second-order valence-electron chi connectivity index (χ2n) is 23.8. The number of hydrogen-bond acceptors (Lipinski definition) is 0. The summed E-state index contributed by atoms with van der Waals surface area (Å²) in [6.45, 7) is 29.0. The lowest BCUT2D eigenvalue weighted by molar-refractivity contribution is 0.627. The van der Waals surface area contributed by atoms with Gasteiger partial charge in [-0.1, -0.05) is 184 Å². The van der Waals surface area contributed by atoms with Crippen LogP contribution < -0.4 is 20.7 Å². The molecule has 9 aromatic carbocycles. The highest BCUT2D eigenvalue weighted by atomic mass is 28.3. The van der Waals surface area contributed by atoms with E-state index >= 15 is 0 Å². The van der Waals surface area contributed by atoms with Gasteiger partial charge >= 0.3 is 0 Å². The molecule has 0 N–H and O–H groups in total. The lowest BCUT2D eigenvalue weighted by Gasteiger charge is -2.21. The molecule has 0 fully saturated rings. The van der Waals surface area contributed by atoms with Crippen molar-refractivity contribution in [2.45, 2.75) is 78.6 Å². The molecule has 0 spiro atoms. The van der Waals surface area contributed by atoms with Crippen molar-refractivity contribution >= 4 is 118 Å². The molecule has 11 aromatic rings. The monoisotopic (exact) mass is 984 g/mol. The summed E-state index contributed by atoms with van der Waals surface area (Å²) in [5, 5.41) is 15.1. The first-order chi connectivity index (χ1) is 33.0. The van der Waals surface area contributed by atoms with Crippen LogP contribution in [0.15, 0.2) is 158 Å². The summed E-state index contributed by atoms with van der Waals surface area (Å²) < 4.78 is 34.7. The fraction of sp³-hybridized carbons (Fsp3) is 0.194. The van der Waals surface area contributed by atoms with E-state index in [0.717, 1.165) is 55.2 Å². The van der Waals surface area contributed by atoms with E-state index in [1.807, 2.05) is 24.3 Å². The van der Waals surface area contributed by atoms with Crippen molar-refractivity contribution in [2.75, 3.05) is 0 Å². The average Bonchev–Trinajstić information content (AvgIpc) is 3.81. The normalized spacial score (nSPS) is 13.0. The summed E-state index contributed by atoms with van der Waals surface area (Å²) >= 11 is 0.